The summed E-state index contributed by atoms with van der Waals surface area (Å²) in [6.45, 7) is 2.90. The summed E-state index contributed by atoms with van der Waals surface area (Å²) in [4.78, 5) is 11.0. The number of carbonyl (C=O) groups is 1. The third kappa shape index (κ3) is 3.13. The summed E-state index contributed by atoms with van der Waals surface area (Å²) in [5.74, 6) is -0.904. The maximum absolute atomic E-state index is 11.0. The zero-order chi connectivity index (χ0) is 13.7. The number of nitrogens with one attached hydrogen (secondary N) is 1. The van der Waals surface area contributed by atoms with E-state index in [9.17, 15) is 4.79 Å². The number of anilines is 1. The lowest BCUT2D eigenvalue weighted by Crippen LogP contribution is -2.04. The Labute approximate surface area is 112 Å². The molecule has 0 fully saturated rings. The normalized spacial score (nSPS) is 10.2. The van der Waals surface area contributed by atoms with Gasteiger partial charge in [-0.1, -0.05) is 43.3 Å². The minimum absolute atomic E-state index is 0.304. The van der Waals surface area contributed by atoms with Gasteiger partial charge in [0.05, 0.1) is 5.56 Å². The highest BCUT2D eigenvalue weighted by molar-refractivity contribution is 5.91. The molecule has 2 aromatic carbocycles. The van der Waals surface area contributed by atoms with Gasteiger partial charge in [-0.15, -0.1) is 0 Å². The lowest BCUT2D eigenvalue weighted by atomic mass is 10.0. The molecule has 2 aromatic rings. The highest BCUT2D eigenvalue weighted by Gasteiger charge is 2.09. The summed E-state index contributed by atoms with van der Waals surface area (Å²) in [6.07, 6.45) is 0.992. The topological polar surface area (TPSA) is 49.3 Å². The van der Waals surface area contributed by atoms with Crippen molar-refractivity contribution in [3.05, 3.63) is 54.1 Å². The van der Waals surface area contributed by atoms with Crippen LogP contribution in [0.4, 0.5) is 5.69 Å². The van der Waals surface area contributed by atoms with Gasteiger partial charge >= 0.3 is 5.97 Å². The standard InChI is InChI=1S/C16H17NO2/c1-2-10-17-15-11-13(16(18)19)8-9-14(15)12-6-4-3-5-7-12/h3-9,11,17H,2,10H2,1H3,(H,18,19). The Morgan fingerprint density at radius 1 is 1.16 bits per heavy atom. The number of hydrogen-bond acceptors (Lipinski definition) is 2. The second kappa shape index (κ2) is 6.05. The van der Waals surface area contributed by atoms with Gasteiger partial charge in [0.25, 0.3) is 0 Å². The third-order valence-corrected chi connectivity index (χ3v) is 2.92. The molecule has 0 atom stereocenters. The second-order valence-corrected chi connectivity index (χ2v) is 4.36. The van der Waals surface area contributed by atoms with Crippen LogP contribution in [0.3, 0.4) is 0 Å². The van der Waals surface area contributed by atoms with Gasteiger partial charge < -0.3 is 10.4 Å². The highest BCUT2D eigenvalue weighted by atomic mass is 16.4. The van der Waals surface area contributed by atoms with Crippen molar-refractivity contribution in [1.82, 2.24) is 0 Å². The molecule has 0 spiro atoms. The Bertz CT molecular complexity index is 564. The van der Waals surface area contributed by atoms with Crippen LogP contribution < -0.4 is 5.32 Å². The van der Waals surface area contributed by atoms with E-state index in [1.807, 2.05) is 36.4 Å². The molecule has 19 heavy (non-hydrogen) atoms. The maximum atomic E-state index is 11.0. The Balaban J connectivity index is 2.44. The van der Waals surface area contributed by atoms with Gasteiger partial charge in [-0.3, -0.25) is 0 Å². The van der Waals surface area contributed by atoms with Crippen LogP contribution >= 0.6 is 0 Å². The van der Waals surface area contributed by atoms with Crippen LogP contribution in [0.15, 0.2) is 48.5 Å². The predicted molar refractivity (Wildman–Crippen MR) is 77.6 cm³/mol. The van der Waals surface area contributed by atoms with Crippen molar-refractivity contribution >= 4 is 11.7 Å². The first kappa shape index (κ1) is 13.1. The van der Waals surface area contributed by atoms with E-state index in [-0.39, 0.29) is 0 Å². The minimum Gasteiger partial charge on any atom is -0.478 e. The summed E-state index contributed by atoms with van der Waals surface area (Å²) in [6, 6.07) is 15.2. The van der Waals surface area contributed by atoms with Gasteiger partial charge in [0, 0.05) is 17.8 Å². The molecule has 0 radical (unpaired) electrons. The van der Waals surface area contributed by atoms with Gasteiger partial charge in [-0.2, -0.15) is 0 Å². The average Bonchev–Trinajstić information content (AvgIpc) is 2.45. The highest BCUT2D eigenvalue weighted by Crippen LogP contribution is 2.29. The van der Waals surface area contributed by atoms with Gasteiger partial charge in [0.2, 0.25) is 0 Å². The molecule has 0 amide bonds. The van der Waals surface area contributed by atoms with Crippen LogP contribution in [-0.4, -0.2) is 17.6 Å². The first-order valence-electron chi connectivity index (χ1n) is 6.39. The first-order chi connectivity index (χ1) is 9.22. The van der Waals surface area contributed by atoms with Crippen molar-refractivity contribution in [2.45, 2.75) is 13.3 Å². The Morgan fingerprint density at radius 2 is 1.89 bits per heavy atom. The molecule has 2 N–H and O–H groups in total. The van der Waals surface area contributed by atoms with Crippen LogP contribution in [0.25, 0.3) is 11.1 Å². The molecule has 98 valence electrons. The second-order valence-electron chi connectivity index (χ2n) is 4.36. The van der Waals surface area contributed by atoms with Gasteiger partial charge in [-0.25, -0.2) is 4.79 Å². The van der Waals surface area contributed by atoms with Gasteiger partial charge in [-0.05, 0) is 24.1 Å². The van der Waals surface area contributed by atoms with Crippen molar-refractivity contribution < 1.29 is 9.90 Å². The Morgan fingerprint density at radius 3 is 2.53 bits per heavy atom. The van der Waals surface area contributed by atoms with E-state index in [4.69, 9.17) is 5.11 Å². The summed E-state index contributed by atoms with van der Waals surface area (Å²) >= 11 is 0. The molecule has 0 aliphatic heterocycles. The molecular formula is C16H17NO2. The summed E-state index contributed by atoms with van der Waals surface area (Å²) in [5.41, 5.74) is 3.28. The summed E-state index contributed by atoms with van der Waals surface area (Å²) in [5, 5.41) is 12.4. The number of carboxylic acids is 1. The molecule has 0 bridgehead atoms. The first-order valence-corrected chi connectivity index (χ1v) is 6.39. The SMILES string of the molecule is CCCNc1cc(C(=O)O)ccc1-c1ccccc1. The van der Waals surface area contributed by atoms with E-state index in [1.54, 1.807) is 12.1 Å². The lowest BCUT2D eigenvalue weighted by Gasteiger charge is -2.12. The van der Waals surface area contributed by atoms with Crippen LogP contribution in [0.1, 0.15) is 23.7 Å². The molecule has 0 aliphatic rings. The molecule has 3 nitrogen and oxygen atoms in total. The van der Waals surface area contributed by atoms with Crippen molar-refractivity contribution in [3.8, 4) is 11.1 Å². The fourth-order valence-electron chi connectivity index (χ4n) is 1.95. The average molecular weight is 255 g/mol. The number of benzene rings is 2. The van der Waals surface area contributed by atoms with Crippen molar-refractivity contribution in [1.29, 1.82) is 0 Å². The smallest absolute Gasteiger partial charge is 0.335 e. The molecule has 0 aliphatic carbocycles. The van der Waals surface area contributed by atoms with Crippen LogP contribution in [-0.2, 0) is 0 Å². The maximum Gasteiger partial charge on any atom is 0.335 e. The number of aromatic carboxylic acids is 1. The Kier molecular flexibility index (Phi) is 4.18. The molecule has 0 saturated carbocycles. The van der Waals surface area contributed by atoms with Crippen LogP contribution in [0.2, 0.25) is 0 Å². The zero-order valence-electron chi connectivity index (χ0n) is 10.9. The predicted octanol–water partition coefficient (Wildman–Crippen LogP) is 3.87. The monoisotopic (exact) mass is 255 g/mol. The van der Waals surface area contributed by atoms with E-state index < -0.39 is 5.97 Å². The molecule has 2 rings (SSSR count). The number of carboxylic acid groups (broad SMARTS) is 1. The van der Waals surface area contributed by atoms with E-state index in [0.29, 0.717) is 5.56 Å². The van der Waals surface area contributed by atoms with Crippen molar-refractivity contribution in [2.75, 3.05) is 11.9 Å². The Hall–Kier alpha value is -2.29. The molecule has 0 heterocycles. The molecule has 0 aromatic heterocycles. The van der Waals surface area contributed by atoms with E-state index in [0.717, 1.165) is 29.8 Å². The van der Waals surface area contributed by atoms with Crippen LogP contribution in [0.5, 0.6) is 0 Å². The number of rotatable bonds is 5. The number of hydrogen-bond donors (Lipinski definition) is 2. The minimum atomic E-state index is -0.904. The van der Waals surface area contributed by atoms with E-state index in [1.165, 1.54) is 0 Å². The third-order valence-electron chi connectivity index (χ3n) is 2.92. The fourth-order valence-corrected chi connectivity index (χ4v) is 1.95. The molecule has 0 saturated heterocycles. The van der Waals surface area contributed by atoms with Crippen molar-refractivity contribution in [2.24, 2.45) is 0 Å². The van der Waals surface area contributed by atoms with Crippen LogP contribution in [0, 0.1) is 0 Å². The van der Waals surface area contributed by atoms with E-state index in [2.05, 4.69) is 12.2 Å². The summed E-state index contributed by atoms with van der Waals surface area (Å²) in [7, 11) is 0. The molecule has 3 heteroatoms. The van der Waals surface area contributed by atoms with Crippen molar-refractivity contribution in [3.63, 3.8) is 0 Å². The van der Waals surface area contributed by atoms with E-state index >= 15 is 0 Å². The lowest BCUT2D eigenvalue weighted by molar-refractivity contribution is 0.0697. The molecular weight excluding hydrogens is 238 g/mol. The summed E-state index contributed by atoms with van der Waals surface area (Å²) < 4.78 is 0. The quantitative estimate of drug-likeness (QED) is 0.852. The van der Waals surface area contributed by atoms with Gasteiger partial charge in [0.1, 0.15) is 0 Å². The largest absolute Gasteiger partial charge is 0.478 e. The fraction of sp³-hybridized carbons (Fsp3) is 0.188. The molecule has 0 unspecified atom stereocenters. The zero-order valence-corrected chi connectivity index (χ0v) is 10.9. The van der Waals surface area contributed by atoms with Gasteiger partial charge in [0.15, 0.2) is 0 Å².